The van der Waals surface area contributed by atoms with Gasteiger partial charge in [0.2, 0.25) is 0 Å². The van der Waals surface area contributed by atoms with Gasteiger partial charge in [-0.2, -0.15) is 0 Å². The monoisotopic (exact) mass is 336 g/mol. The van der Waals surface area contributed by atoms with Crippen molar-refractivity contribution in [2.75, 3.05) is 18.0 Å². The van der Waals surface area contributed by atoms with Gasteiger partial charge in [-0.1, -0.05) is 12.8 Å². The van der Waals surface area contributed by atoms with Crippen molar-refractivity contribution in [3.63, 3.8) is 0 Å². The molecule has 0 N–H and O–H groups in total. The van der Waals surface area contributed by atoms with E-state index in [1.54, 1.807) is 7.05 Å². The van der Waals surface area contributed by atoms with E-state index >= 15 is 0 Å². The Morgan fingerprint density at radius 3 is 2.50 bits per heavy atom. The van der Waals surface area contributed by atoms with E-state index < -0.39 is 11.8 Å². The first kappa shape index (κ1) is 15.6. The SMILES string of the molecule is Cn1c(=O)n(CC2CC2(F)F)c2ccc(N3CCCCCC3)nc21. The van der Waals surface area contributed by atoms with Gasteiger partial charge in [-0.3, -0.25) is 9.13 Å². The number of fused-ring (bicyclic) bond motifs is 1. The number of imidazole rings is 1. The van der Waals surface area contributed by atoms with Gasteiger partial charge in [-0.05, 0) is 25.0 Å². The van der Waals surface area contributed by atoms with Crippen molar-refractivity contribution in [1.29, 1.82) is 0 Å². The van der Waals surface area contributed by atoms with E-state index in [4.69, 9.17) is 0 Å². The summed E-state index contributed by atoms with van der Waals surface area (Å²) in [6.07, 6.45) is 4.65. The Kier molecular flexibility index (Phi) is 3.62. The normalized spacial score (nSPS) is 23.5. The largest absolute Gasteiger partial charge is 0.357 e. The maximum Gasteiger partial charge on any atom is 0.330 e. The molecule has 4 rings (SSSR count). The second kappa shape index (κ2) is 5.57. The minimum Gasteiger partial charge on any atom is -0.357 e. The van der Waals surface area contributed by atoms with Crippen LogP contribution < -0.4 is 10.6 Å². The fraction of sp³-hybridized carbons (Fsp3) is 0.647. The number of hydrogen-bond donors (Lipinski definition) is 0. The number of anilines is 1. The molecule has 0 bridgehead atoms. The summed E-state index contributed by atoms with van der Waals surface area (Å²) in [4.78, 5) is 19.4. The topological polar surface area (TPSA) is 43.1 Å². The van der Waals surface area contributed by atoms with Crippen LogP contribution in [-0.2, 0) is 13.6 Å². The fourth-order valence-corrected chi connectivity index (χ4v) is 3.60. The Morgan fingerprint density at radius 1 is 1.21 bits per heavy atom. The van der Waals surface area contributed by atoms with Crippen LogP contribution in [0.3, 0.4) is 0 Å². The summed E-state index contributed by atoms with van der Waals surface area (Å²) in [6, 6.07) is 3.76. The Bertz CT molecular complexity index is 818. The van der Waals surface area contributed by atoms with Gasteiger partial charge in [0.1, 0.15) is 5.82 Å². The van der Waals surface area contributed by atoms with Gasteiger partial charge in [-0.15, -0.1) is 0 Å². The van der Waals surface area contributed by atoms with Crippen LogP contribution in [0, 0.1) is 5.92 Å². The minimum atomic E-state index is -2.62. The molecule has 1 aliphatic carbocycles. The van der Waals surface area contributed by atoms with Crippen molar-refractivity contribution in [1.82, 2.24) is 14.1 Å². The van der Waals surface area contributed by atoms with Gasteiger partial charge in [0.25, 0.3) is 5.92 Å². The molecule has 2 aliphatic rings. The lowest BCUT2D eigenvalue weighted by Gasteiger charge is -2.21. The Hall–Kier alpha value is -1.92. The molecule has 3 heterocycles. The highest BCUT2D eigenvalue weighted by molar-refractivity contribution is 5.74. The summed E-state index contributed by atoms with van der Waals surface area (Å²) >= 11 is 0. The van der Waals surface area contributed by atoms with Crippen LogP contribution in [-0.4, -0.2) is 33.1 Å². The first-order valence-corrected chi connectivity index (χ1v) is 8.66. The molecule has 0 amide bonds. The second-order valence-electron chi connectivity index (χ2n) is 7.03. The number of hydrogen-bond acceptors (Lipinski definition) is 3. The number of aryl methyl sites for hydroxylation is 1. The predicted molar refractivity (Wildman–Crippen MR) is 88.7 cm³/mol. The molecule has 2 aromatic heterocycles. The van der Waals surface area contributed by atoms with Gasteiger partial charge in [0.05, 0.1) is 5.52 Å². The molecule has 0 radical (unpaired) electrons. The molecule has 0 aromatic carbocycles. The van der Waals surface area contributed by atoms with Crippen LogP contribution in [0.2, 0.25) is 0 Å². The standard InChI is InChI=1S/C17H22F2N4O/c1-21-15-13(23(16(21)24)11-12-10-17(12,18)19)6-7-14(20-15)22-8-4-2-3-5-9-22/h6-7,12H,2-5,8-11H2,1H3. The van der Waals surface area contributed by atoms with Gasteiger partial charge < -0.3 is 4.90 Å². The van der Waals surface area contributed by atoms with Gasteiger partial charge >= 0.3 is 5.69 Å². The predicted octanol–water partition coefficient (Wildman–Crippen LogP) is 2.77. The summed E-state index contributed by atoms with van der Waals surface area (Å²) in [5, 5.41) is 0. The molecule has 1 saturated carbocycles. The lowest BCUT2D eigenvalue weighted by atomic mass is 10.2. The summed E-state index contributed by atoms with van der Waals surface area (Å²) < 4.78 is 29.4. The van der Waals surface area contributed by atoms with E-state index in [1.807, 2.05) is 12.1 Å². The molecule has 7 heteroatoms. The second-order valence-corrected chi connectivity index (χ2v) is 7.03. The molecule has 24 heavy (non-hydrogen) atoms. The van der Waals surface area contributed by atoms with Crippen molar-refractivity contribution in [2.24, 2.45) is 13.0 Å². The third-order valence-electron chi connectivity index (χ3n) is 5.25. The van der Waals surface area contributed by atoms with E-state index in [-0.39, 0.29) is 18.7 Å². The van der Waals surface area contributed by atoms with E-state index in [0.29, 0.717) is 11.2 Å². The zero-order chi connectivity index (χ0) is 16.9. The van der Waals surface area contributed by atoms with Crippen LogP contribution in [0.5, 0.6) is 0 Å². The maximum atomic E-state index is 13.2. The van der Waals surface area contributed by atoms with Gasteiger partial charge in [0.15, 0.2) is 5.65 Å². The molecule has 1 aliphatic heterocycles. The minimum absolute atomic E-state index is 0.0634. The smallest absolute Gasteiger partial charge is 0.330 e. The first-order valence-electron chi connectivity index (χ1n) is 8.66. The average Bonchev–Trinajstić information content (AvgIpc) is 3.21. The average molecular weight is 336 g/mol. The van der Waals surface area contributed by atoms with Crippen molar-refractivity contribution < 1.29 is 8.78 Å². The van der Waals surface area contributed by atoms with Crippen LogP contribution in [0.1, 0.15) is 32.1 Å². The maximum absolute atomic E-state index is 13.2. The fourth-order valence-electron chi connectivity index (χ4n) is 3.60. The van der Waals surface area contributed by atoms with Gasteiger partial charge in [0, 0.05) is 39.0 Å². The van der Waals surface area contributed by atoms with Crippen LogP contribution in [0.15, 0.2) is 16.9 Å². The zero-order valence-electron chi connectivity index (χ0n) is 13.8. The van der Waals surface area contributed by atoms with Crippen molar-refractivity contribution in [3.05, 3.63) is 22.6 Å². The number of aromatic nitrogens is 3. The Balaban J connectivity index is 1.70. The quantitative estimate of drug-likeness (QED) is 0.866. The molecular formula is C17H22F2N4O. The van der Waals surface area contributed by atoms with Crippen molar-refractivity contribution in [3.8, 4) is 0 Å². The highest BCUT2D eigenvalue weighted by atomic mass is 19.3. The Morgan fingerprint density at radius 2 is 1.88 bits per heavy atom. The number of pyridine rings is 1. The summed E-state index contributed by atoms with van der Waals surface area (Å²) in [6.45, 7) is 2.01. The van der Waals surface area contributed by atoms with Crippen LogP contribution in [0.25, 0.3) is 11.2 Å². The number of alkyl halides is 2. The highest BCUT2D eigenvalue weighted by Crippen LogP contribution is 2.49. The van der Waals surface area contributed by atoms with E-state index in [0.717, 1.165) is 31.7 Å². The van der Waals surface area contributed by atoms with Crippen LogP contribution >= 0.6 is 0 Å². The Labute approximate surface area is 138 Å². The third kappa shape index (κ3) is 2.59. The first-order chi connectivity index (χ1) is 11.5. The number of rotatable bonds is 3. The van der Waals surface area contributed by atoms with E-state index in [9.17, 15) is 13.6 Å². The molecule has 0 spiro atoms. The molecule has 2 fully saturated rings. The molecule has 2 aromatic rings. The van der Waals surface area contributed by atoms with Crippen molar-refractivity contribution >= 4 is 17.0 Å². The molecule has 5 nitrogen and oxygen atoms in total. The molecule has 1 saturated heterocycles. The van der Waals surface area contributed by atoms with Gasteiger partial charge in [-0.25, -0.2) is 18.6 Å². The molecule has 1 atom stereocenters. The van der Waals surface area contributed by atoms with Crippen LogP contribution in [0.4, 0.5) is 14.6 Å². The van der Waals surface area contributed by atoms with E-state index in [1.165, 1.54) is 22.0 Å². The zero-order valence-corrected chi connectivity index (χ0v) is 13.8. The van der Waals surface area contributed by atoms with Crippen molar-refractivity contribution in [2.45, 2.75) is 44.6 Å². The molecule has 130 valence electrons. The molecular weight excluding hydrogens is 314 g/mol. The summed E-state index contributed by atoms with van der Waals surface area (Å²) in [5.41, 5.74) is 0.947. The number of nitrogens with zero attached hydrogens (tertiary/aromatic N) is 4. The summed E-state index contributed by atoms with van der Waals surface area (Å²) in [7, 11) is 1.66. The lowest BCUT2D eigenvalue weighted by Crippen LogP contribution is -2.25. The number of halogens is 2. The summed E-state index contributed by atoms with van der Waals surface area (Å²) in [5.74, 6) is -2.49. The highest BCUT2D eigenvalue weighted by Gasteiger charge is 2.57. The van der Waals surface area contributed by atoms with E-state index in [2.05, 4.69) is 9.88 Å². The third-order valence-corrected chi connectivity index (χ3v) is 5.25. The lowest BCUT2D eigenvalue weighted by molar-refractivity contribution is 0.0951. The molecule has 1 unspecified atom stereocenters.